The smallest absolute Gasteiger partial charge is 0.338 e. The number of aliphatic hydroxyl groups excluding tert-OH is 1. The fraction of sp³-hybridized carbons (Fsp3) is 0.500. The van der Waals surface area contributed by atoms with E-state index in [0.717, 1.165) is 18.4 Å². The second-order valence-electron chi connectivity index (χ2n) is 4.72. The molecule has 1 saturated carbocycles. The zero-order valence-electron chi connectivity index (χ0n) is 10.9. The maximum atomic E-state index is 13.2. The summed E-state index contributed by atoms with van der Waals surface area (Å²) in [6.45, 7) is 1.16. The highest BCUT2D eigenvalue weighted by molar-refractivity contribution is 5.91. The molecule has 1 aliphatic carbocycles. The Kier molecular flexibility index (Phi) is 4.50. The van der Waals surface area contributed by atoms with Crippen molar-refractivity contribution in [1.29, 1.82) is 0 Å². The van der Waals surface area contributed by atoms with Crippen LogP contribution < -0.4 is 0 Å². The first-order chi connectivity index (χ1) is 9.15. The summed E-state index contributed by atoms with van der Waals surface area (Å²) in [5, 5.41) is 9.07. The first kappa shape index (κ1) is 14.0. The normalized spacial score (nSPS) is 14.7. The Labute approximate surface area is 111 Å². The van der Waals surface area contributed by atoms with E-state index in [1.807, 2.05) is 0 Å². The van der Waals surface area contributed by atoms with Crippen molar-refractivity contribution in [3.8, 4) is 0 Å². The molecule has 0 aromatic heterocycles. The average Bonchev–Trinajstić information content (AvgIpc) is 3.23. The summed E-state index contributed by atoms with van der Waals surface area (Å²) >= 11 is 0. The van der Waals surface area contributed by atoms with Gasteiger partial charge in [-0.25, -0.2) is 9.18 Å². The minimum atomic E-state index is -0.533. The highest BCUT2D eigenvalue weighted by atomic mass is 19.1. The molecule has 1 N–H and O–H groups in total. The number of rotatable bonds is 6. The molecule has 0 unspecified atom stereocenters. The second kappa shape index (κ2) is 6.12. The number of halogens is 1. The van der Waals surface area contributed by atoms with Crippen LogP contribution in [-0.4, -0.2) is 42.3 Å². The Morgan fingerprint density at radius 2 is 2.26 bits per heavy atom. The average molecular weight is 267 g/mol. The van der Waals surface area contributed by atoms with Crippen LogP contribution in [0.25, 0.3) is 0 Å². The van der Waals surface area contributed by atoms with E-state index in [9.17, 15) is 9.18 Å². The van der Waals surface area contributed by atoms with Crippen molar-refractivity contribution in [1.82, 2.24) is 4.90 Å². The van der Waals surface area contributed by atoms with Gasteiger partial charge in [0.15, 0.2) is 0 Å². The van der Waals surface area contributed by atoms with Gasteiger partial charge < -0.3 is 9.84 Å². The van der Waals surface area contributed by atoms with Gasteiger partial charge in [0, 0.05) is 19.1 Å². The van der Waals surface area contributed by atoms with Crippen molar-refractivity contribution >= 4 is 5.97 Å². The summed E-state index contributed by atoms with van der Waals surface area (Å²) < 4.78 is 17.9. The lowest BCUT2D eigenvalue weighted by Crippen LogP contribution is -2.29. The third-order valence-corrected chi connectivity index (χ3v) is 3.30. The van der Waals surface area contributed by atoms with E-state index in [4.69, 9.17) is 5.11 Å². The molecule has 0 spiro atoms. The van der Waals surface area contributed by atoms with Crippen LogP contribution in [0.15, 0.2) is 18.2 Å². The van der Waals surface area contributed by atoms with Gasteiger partial charge in [0.05, 0.1) is 19.3 Å². The standard InChI is InChI=1S/C14H18FNO3/c1-19-14(18)13-8-11(15)3-2-10(13)9-16(6-7-17)12-4-5-12/h2-3,8,12,17H,4-7,9H2,1H3. The van der Waals surface area contributed by atoms with E-state index in [1.165, 1.54) is 19.2 Å². The summed E-state index contributed by atoms with van der Waals surface area (Å²) in [6.07, 6.45) is 2.21. The van der Waals surface area contributed by atoms with Gasteiger partial charge >= 0.3 is 5.97 Å². The summed E-state index contributed by atoms with van der Waals surface area (Å²) in [5.74, 6) is -0.987. The fourth-order valence-electron chi connectivity index (χ4n) is 2.16. The van der Waals surface area contributed by atoms with Gasteiger partial charge in [0.1, 0.15) is 5.82 Å². The van der Waals surface area contributed by atoms with Crippen LogP contribution in [0.4, 0.5) is 4.39 Å². The van der Waals surface area contributed by atoms with Crippen LogP contribution in [-0.2, 0) is 11.3 Å². The van der Waals surface area contributed by atoms with Crippen LogP contribution in [0.3, 0.4) is 0 Å². The molecule has 0 aliphatic heterocycles. The van der Waals surface area contributed by atoms with Gasteiger partial charge in [-0.3, -0.25) is 4.90 Å². The molecule has 1 fully saturated rings. The number of ether oxygens (including phenoxy) is 1. The molecule has 4 nitrogen and oxygen atoms in total. The number of esters is 1. The van der Waals surface area contributed by atoms with Crippen molar-refractivity contribution in [3.63, 3.8) is 0 Å². The van der Waals surface area contributed by atoms with E-state index in [2.05, 4.69) is 9.64 Å². The number of aliphatic hydroxyl groups is 1. The molecule has 19 heavy (non-hydrogen) atoms. The monoisotopic (exact) mass is 267 g/mol. The lowest BCUT2D eigenvalue weighted by molar-refractivity contribution is 0.0597. The molecule has 104 valence electrons. The number of hydrogen-bond donors (Lipinski definition) is 1. The zero-order chi connectivity index (χ0) is 13.8. The van der Waals surface area contributed by atoms with Gasteiger partial charge in [0.25, 0.3) is 0 Å². The minimum Gasteiger partial charge on any atom is -0.465 e. The molecule has 5 heteroatoms. The fourth-order valence-corrected chi connectivity index (χ4v) is 2.16. The van der Waals surface area contributed by atoms with Gasteiger partial charge in [0.2, 0.25) is 0 Å². The maximum absolute atomic E-state index is 13.2. The highest BCUT2D eigenvalue weighted by Gasteiger charge is 2.29. The first-order valence-electron chi connectivity index (χ1n) is 6.37. The SMILES string of the molecule is COC(=O)c1cc(F)ccc1CN(CCO)C1CC1. The molecule has 0 bridgehead atoms. The van der Waals surface area contributed by atoms with Gasteiger partial charge in [-0.1, -0.05) is 6.07 Å². The number of hydrogen-bond acceptors (Lipinski definition) is 4. The van der Waals surface area contributed by atoms with Crippen LogP contribution in [0.2, 0.25) is 0 Å². The molecule has 1 aliphatic rings. The van der Waals surface area contributed by atoms with E-state index >= 15 is 0 Å². The molecule has 0 atom stereocenters. The molecule has 0 saturated heterocycles. The van der Waals surface area contributed by atoms with E-state index in [1.54, 1.807) is 6.07 Å². The molecule has 1 aromatic carbocycles. The van der Waals surface area contributed by atoms with Crippen molar-refractivity contribution in [2.75, 3.05) is 20.3 Å². The summed E-state index contributed by atoms with van der Waals surface area (Å²) in [6, 6.07) is 4.61. The zero-order valence-corrected chi connectivity index (χ0v) is 10.9. The van der Waals surface area contributed by atoms with E-state index < -0.39 is 11.8 Å². The van der Waals surface area contributed by atoms with E-state index in [0.29, 0.717) is 19.1 Å². The lowest BCUT2D eigenvalue weighted by atomic mass is 10.1. The molecular formula is C14H18FNO3. The minimum absolute atomic E-state index is 0.0747. The number of methoxy groups -OCH3 is 1. The quantitative estimate of drug-likeness (QED) is 0.795. The molecule has 2 rings (SSSR count). The third-order valence-electron chi connectivity index (χ3n) is 3.30. The predicted octanol–water partition coefficient (Wildman–Crippen LogP) is 1.57. The Bertz CT molecular complexity index is 460. The highest BCUT2D eigenvalue weighted by Crippen LogP contribution is 2.28. The predicted molar refractivity (Wildman–Crippen MR) is 68.3 cm³/mol. The van der Waals surface area contributed by atoms with Crippen LogP contribution in [0, 0.1) is 5.82 Å². The number of carbonyl (C=O) groups is 1. The summed E-state index contributed by atoms with van der Waals surface area (Å²) in [4.78, 5) is 13.8. The Balaban J connectivity index is 2.20. The van der Waals surface area contributed by atoms with Gasteiger partial charge in [-0.2, -0.15) is 0 Å². The summed E-state index contributed by atoms with van der Waals surface area (Å²) in [7, 11) is 1.28. The van der Waals surface area contributed by atoms with Gasteiger partial charge in [-0.15, -0.1) is 0 Å². The molecular weight excluding hydrogens is 249 g/mol. The van der Waals surface area contributed by atoms with Crippen molar-refractivity contribution < 1.29 is 19.0 Å². The number of benzene rings is 1. The van der Waals surface area contributed by atoms with Crippen LogP contribution in [0.5, 0.6) is 0 Å². The van der Waals surface area contributed by atoms with E-state index in [-0.39, 0.29) is 12.2 Å². The Morgan fingerprint density at radius 3 is 2.84 bits per heavy atom. The summed E-state index contributed by atoms with van der Waals surface area (Å²) in [5.41, 5.74) is 0.986. The number of carbonyl (C=O) groups excluding carboxylic acids is 1. The first-order valence-corrected chi connectivity index (χ1v) is 6.37. The molecule has 0 amide bonds. The number of nitrogens with zero attached hydrogens (tertiary/aromatic N) is 1. The van der Waals surface area contributed by atoms with Crippen molar-refractivity contribution in [3.05, 3.63) is 35.1 Å². The van der Waals surface area contributed by atoms with Crippen LogP contribution >= 0.6 is 0 Å². The maximum Gasteiger partial charge on any atom is 0.338 e. The molecule has 0 radical (unpaired) electrons. The Morgan fingerprint density at radius 1 is 1.53 bits per heavy atom. The van der Waals surface area contributed by atoms with Crippen LogP contribution in [0.1, 0.15) is 28.8 Å². The van der Waals surface area contributed by atoms with Crippen molar-refractivity contribution in [2.45, 2.75) is 25.4 Å². The van der Waals surface area contributed by atoms with Crippen molar-refractivity contribution in [2.24, 2.45) is 0 Å². The Hall–Kier alpha value is -1.46. The third kappa shape index (κ3) is 3.52. The molecule has 1 aromatic rings. The molecule has 0 heterocycles. The second-order valence-corrected chi connectivity index (χ2v) is 4.72. The largest absolute Gasteiger partial charge is 0.465 e. The topological polar surface area (TPSA) is 49.8 Å². The lowest BCUT2D eigenvalue weighted by Gasteiger charge is -2.22. The van der Waals surface area contributed by atoms with Gasteiger partial charge in [-0.05, 0) is 30.5 Å².